The summed E-state index contributed by atoms with van der Waals surface area (Å²) in [7, 11) is 0. The molecule has 24 heavy (non-hydrogen) atoms. The molecule has 0 aliphatic carbocycles. The van der Waals surface area contributed by atoms with Gasteiger partial charge in [-0.05, 0) is 32.9 Å². The van der Waals surface area contributed by atoms with Gasteiger partial charge in [-0.2, -0.15) is 5.10 Å². The van der Waals surface area contributed by atoms with Gasteiger partial charge in [-0.1, -0.05) is 0 Å². The summed E-state index contributed by atoms with van der Waals surface area (Å²) >= 11 is 0. The molecule has 0 radical (unpaired) electrons. The van der Waals surface area contributed by atoms with Crippen molar-refractivity contribution in [1.29, 1.82) is 0 Å². The molecule has 2 aromatic heterocycles. The van der Waals surface area contributed by atoms with Crippen molar-refractivity contribution in [2.24, 2.45) is 0 Å². The monoisotopic (exact) mass is 332 g/mol. The number of anilines is 1. The highest BCUT2D eigenvalue weighted by molar-refractivity contribution is 6.05. The van der Waals surface area contributed by atoms with E-state index in [0.29, 0.717) is 23.7 Å². The fourth-order valence-corrected chi connectivity index (χ4v) is 2.09. The molecule has 1 amide bonds. The molecular weight excluding hydrogens is 312 g/mol. The molecule has 8 nitrogen and oxygen atoms in total. The summed E-state index contributed by atoms with van der Waals surface area (Å²) in [5.41, 5.74) is 0.978. The number of pyridine rings is 1. The molecule has 0 aliphatic heterocycles. The van der Waals surface area contributed by atoms with Gasteiger partial charge in [-0.25, -0.2) is 9.67 Å². The topological polar surface area (TPSA) is 95.3 Å². The zero-order chi connectivity index (χ0) is 17.5. The first kappa shape index (κ1) is 17.5. The maximum atomic E-state index is 12.5. The van der Waals surface area contributed by atoms with Crippen LogP contribution in [0.25, 0.3) is 0 Å². The van der Waals surface area contributed by atoms with Crippen molar-refractivity contribution in [3.63, 3.8) is 0 Å². The van der Waals surface area contributed by atoms with E-state index < -0.39 is 11.9 Å². The van der Waals surface area contributed by atoms with Crippen molar-refractivity contribution in [2.75, 3.05) is 18.5 Å². The average molecular weight is 332 g/mol. The number of nitrogens with one attached hydrogen (secondary N) is 1. The minimum atomic E-state index is -0.424. The lowest BCUT2D eigenvalue weighted by Gasteiger charge is -2.10. The molecule has 0 aromatic carbocycles. The quantitative estimate of drug-likeness (QED) is 0.777. The SMILES string of the molecule is CCOC(=O)Cn1nc(C)cc1NC(=O)c1cccnc1OCC. The molecule has 0 unspecified atom stereocenters. The van der Waals surface area contributed by atoms with Crippen LogP contribution in [-0.4, -0.2) is 39.9 Å². The summed E-state index contributed by atoms with van der Waals surface area (Å²) in [5, 5.41) is 6.92. The van der Waals surface area contributed by atoms with E-state index >= 15 is 0 Å². The predicted octanol–water partition coefficient (Wildman–Crippen LogP) is 1.80. The van der Waals surface area contributed by atoms with E-state index in [4.69, 9.17) is 9.47 Å². The number of aryl methyl sites for hydroxylation is 1. The van der Waals surface area contributed by atoms with E-state index in [0.717, 1.165) is 0 Å². The lowest BCUT2D eigenvalue weighted by Crippen LogP contribution is -2.20. The van der Waals surface area contributed by atoms with E-state index in [-0.39, 0.29) is 19.0 Å². The van der Waals surface area contributed by atoms with Crippen molar-refractivity contribution in [2.45, 2.75) is 27.3 Å². The van der Waals surface area contributed by atoms with Gasteiger partial charge < -0.3 is 14.8 Å². The molecule has 128 valence electrons. The van der Waals surface area contributed by atoms with Crippen molar-refractivity contribution in [3.8, 4) is 5.88 Å². The Bertz CT molecular complexity index is 727. The molecule has 1 N–H and O–H groups in total. The largest absolute Gasteiger partial charge is 0.477 e. The van der Waals surface area contributed by atoms with Gasteiger partial charge in [0.1, 0.15) is 17.9 Å². The van der Waals surface area contributed by atoms with Crippen LogP contribution in [0, 0.1) is 6.92 Å². The van der Waals surface area contributed by atoms with Gasteiger partial charge in [-0.3, -0.25) is 9.59 Å². The second-order valence-corrected chi connectivity index (χ2v) is 4.88. The zero-order valence-electron chi connectivity index (χ0n) is 13.9. The van der Waals surface area contributed by atoms with Crippen LogP contribution in [0.15, 0.2) is 24.4 Å². The van der Waals surface area contributed by atoms with Crippen LogP contribution in [0.3, 0.4) is 0 Å². The molecule has 2 heterocycles. The highest BCUT2D eigenvalue weighted by Gasteiger charge is 2.17. The van der Waals surface area contributed by atoms with E-state index in [1.54, 1.807) is 38.2 Å². The number of hydrogen-bond acceptors (Lipinski definition) is 6. The Morgan fingerprint density at radius 2 is 2.08 bits per heavy atom. The first-order chi connectivity index (χ1) is 11.5. The number of rotatable bonds is 7. The molecule has 0 bridgehead atoms. The minimum absolute atomic E-state index is 0.0807. The third-order valence-corrected chi connectivity index (χ3v) is 3.02. The fraction of sp³-hybridized carbons (Fsp3) is 0.375. The van der Waals surface area contributed by atoms with Crippen LogP contribution in [0.5, 0.6) is 5.88 Å². The number of esters is 1. The summed E-state index contributed by atoms with van der Waals surface area (Å²) in [6.45, 7) is 5.92. The second-order valence-electron chi connectivity index (χ2n) is 4.88. The van der Waals surface area contributed by atoms with Gasteiger partial charge in [0.25, 0.3) is 5.91 Å². The summed E-state index contributed by atoms with van der Waals surface area (Å²) in [6.07, 6.45) is 1.55. The summed E-state index contributed by atoms with van der Waals surface area (Å²) < 4.78 is 11.7. The molecule has 0 spiro atoms. The smallest absolute Gasteiger partial charge is 0.327 e. The van der Waals surface area contributed by atoms with Crippen molar-refractivity contribution >= 4 is 17.7 Å². The molecule has 0 atom stereocenters. The molecule has 0 saturated heterocycles. The van der Waals surface area contributed by atoms with Gasteiger partial charge in [0, 0.05) is 12.3 Å². The zero-order valence-corrected chi connectivity index (χ0v) is 13.9. The molecule has 0 saturated carbocycles. The van der Waals surface area contributed by atoms with Gasteiger partial charge in [0.05, 0.1) is 18.9 Å². The average Bonchev–Trinajstić information content (AvgIpc) is 2.87. The third-order valence-electron chi connectivity index (χ3n) is 3.02. The van der Waals surface area contributed by atoms with Gasteiger partial charge in [-0.15, -0.1) is 0 Å². The molecule has 0 fully saturated rings. The van der Waals surface area contributed by atoms with Crippen LogP contribution >= 0.6 is 0 Å². The Morgan fingerprint density at radius 1 is 1.29 bits per heavy atom. The van der Waals surface area contributed by atoms with Crippen LogP contribution in [0.1, 0.15) is 29.9 Å². The molecular formula is C16H20N4O4. The Kier molecular flexibility index (Phi) is 5.89. The van der Waals surface area contributed by atoms with Crippen LogP contribution < -0.4 is 10.1 Å². The standard InChI is InChI=1S/C16H20N4O4/c1-4-23-14(21)10-20-13(9-11(3)19-20)18-15(22)12-7-6-8-17-16(12)24-5-2/h6-9H,4-5,10H2,1-3H3,(H,18,22). The lowest BCUT2D eigenvalue weighted by molar-refractivity contribution is -0.144. The van der Waals surface area contributed by atoms with E-state index in [1.807, 2.05) is 6.92 Å². The van der Waals surface area contributed by atoms with Crippen LogP contribution in [0.2, 0.25) is 0 Å². The first-order valence-corrected chi connectivity index (χ1v) is 7.64. The lowest BCUT2D eigenvalue weighted by atomic mass is 10.2. The molecule has 8 heteroatoms. The van der Waals surface area contributed by atoms with Crippen LogP contribution in [-0.2, 0) is 16.1 Å². The number of nitrogens with zero attached hydrogens (tertiary/aromatic N) is 3. The summed E-state index contributed by atoms with van der Waals surface area (Å²) in [5.74, 6) is -0.161. The second kappa shape index (κ2) is 8.09. The minimum Gasteiger partial charge on any atom is -0.477 e. The Hall–Kier alpha value is -2.90. The van der Waals surface area contributed by atoms with Gasteiger partial charge in [0.2, 0.25) is 5.88 Å². The van der Waals surface area contributed by atoms with E-state index in [1.165, 1.54) is 4.68 Å². The number of aromatic nitrogens is 3. The molecule has 0 aliphatic rings. The maximum absolute atomic E-state index is 12.5. The number of carbonyl (C=O) groups excluding carboxylic acids is 2. The van der Waals surface area contributed by atoms with Crippen molar-refractivity contribution in [1.82, 2.24) is 14.8 Å². The molecule has 2 rings (SSSR count). The van der Waals surface area contributed by atoms with Gasteiger partial charge >= 0.3 is 5.97 Å². The molecule has 2 aromatic rings. The fourth-order valence-electron chi connectivity index (χ4n) is 2.09. The Morgan fingerprint density at radius 3 is 2.79 bits per heavy atom. The van der Waals surface area contributed by atoms with E-state index in [9.17, 15) is 9.59 Å². The highest BCUT2D eigenvalue weighted by Crippen LogP contribution is 2.18. The summed E-state index contributed by atoms with van der Waals surface area (Å²) in [6, 6.07) is 4.94. The van der Waals surface area contributed by atoms with Crippen LogP contribution in [0.4, 0.5) is 5.82 Å². The number of amides is 1. The number of ether oxygens (including phenoxy) is 2. The van der Waals surface area contributed by atoms with E-state index in [2.05, 4.69) is 15.4 Å². The summed E-state index contributed by atoms with van der Waals surface area (Å²) in [4.78, 5) is 28.2. The first-order valence-electron chi connectivity index (χ1n) is 7.64. The van der Waals surface area contributed by atoms with Crippen molar-refractivity contribution < 1.29 is 19.1 Å². The van der Waals surface area contributed by atoms with Gasteiger partial charge in [0.15, 0.2) is 0 Å². The Balaban J connectivity index is 2.19. The maximum Gasteiger partial charge on any atom is 0.327 e. The van der Waals surface area contributed by atoms with Crippen molar-refractivity contribution in [3.05, 3.63) is 35.7 Å². The third kappa shape index (κ3) is 4.31. The normalized spacial score (nSPS) is 10.3. The Labute approximate surface area is 139 Å². The number of hydrogen-bond donors (Lipinski definition) is 1. The predicted molar refractivity (Wildman–Crippen MR) is 87.0 cm³/mol. The highest BCUT2D eigenvalue weighted by atomic mass is 16.5. The number of carbonyl (C=O) groups is 2.